The van der Waals surface area contributed by atoms with Gasteiger partial charge in [-0.15, -0.1) is 0 Å². The van der Waals surface area contributed by atoms with Gasteiger partial charge in [0.05, 0.1) is 33.3 Å². The predicted octanol–water partition coefficient (Wildman–Crippen LogP) is 42.6. The van der Waals surface area contributed by atoms with Crippen molar-refractivity contribution in [3.05, 3.63) is 181 Å². The zero-order chi connectivity index (χ0) is 102. The Bertz CT molecular complexity index is 4210. The molecule has 150 heavy (non-hydrogen) atoms. The number of fused-ring (bicyclic) bond motifs is 8. The Morgan fingerprint density at radius 2 is 0.567 bits per heavy atom. The Morgan fingerprint density at radius 1 is 0.267 bits per heavy atom. The van der Waals surface area contributed by atoms with Crippen molar-refractivity contribution in [2.75, 3.05) is 0 Å². The second-order valence-electron chi connectivity index (χ2n) is 54.3. The molecule has 0 N–H and O–H groups in total. The molecule has 20 rings (SSSR count). The van der Waals surface area contributed by atoms with E-state index in [1.807, 2.05) is 20.7 Å². The van der Waals surface area contributed by atoms with Crippen molar-refractivity contribution in [2.24, 2.45) is 124 Å². The minimum absolute atomic E-state index is 0. The first-order valence-electron chi connectivity index (χ1n) is 60.2. The van der Waals surface area contributed by atoms with Gasteiger partial charge < -0.3 is 59.4 Å². The Labute approximate surface area is 1030 Å². The molecule has 4 aromatic carbocycles. The molecular formula is C128H225Cl8ISi9Zr4. The number of hydrogen-bond acceptors (Lipinski definition) is 0. The van der Waals surface area contributed by atoms with E-state index in [1.54, 1.807) is 199 Å². The van der Waals surface area contributed by atoms with Gasteiger partial charge in [0.1, 0.15) is 0 Å². The number of alkyl halides is 1. The SMILES string of the molecule is CCCCC1CCC([SiH](c2ccccc2)[SiH](c2ccccc2)C2CCC3C(I)C4CCCC4CC32)C1.CCCCC1CCC([SiH](c2ccccc2)[SiH](c2ccccc2)C2CCC3C2CC2CCCC2C3[Si](C)(C)C)C1.CCCCC1CCC([Si](C)(C)[Si](C)(C)C2CCC3C(C)C4CCCC4CC32)C1.CCCCC1CCC([Si](C)(C)[Si](C)(C)C2CCC3CC4CCCC4CC32)C1.[CH3-].[CH3-].[CH3-].[CH3-].[CH3-].[CH3-].[CH3-].[CH3-].[Cl][Zr+2][Cl].[Cl][Zr+2][Cl].[Cl][Zr+2][Cl].[Cl][Zr+2][Cl]. The van der Waals surface area contributed by atoms with Crippen LogP contribution in [0.1, 0.15) is 349 Å². The van der Waals surface area contributed by atoms with Gasteiger partial charge in [-0.2, -0.15) is 0 Å². The van der Waals surface area contributed by atoms with E-state index in [0.717, 1.165) is 161 Å². The molecule has 16 fully saturated rings. The van der Waals surface area contributed by atoms with E-state index in [1.165, 1.54) is 132 Å². The first-order chi connectivity index (χ1) is 68.5. The third-order valence-electron chi connectivity index (χ3n) is 46.5. The molecule has 16 saturated carbocycles. The summed E-state index contributed by atoms with van der Waals surface area (Å²) in [5, 5.41) is 7.39. The number of halogens is 9. The van der Waals surface area contributed by atoms with Crippen molar-refractivity contribution in [2.45, 2.75) is 475 Å². The maximum atomic E-state index is 4.93. The first kappa shape index (κ1) is 146. The molecule has 0 nitrogen and oxygen atoms in total. The number of hydrogen-bond donors (Lipinski definition) is 0. The second-order valence-corrected chi connectivity index (χ2v) is 127. The fraction of sp³-hybridized carbons (Fsp3) is 0.750. The van der Waals surface area contributed by atoms with Crippen LogP contribution in [0.3, 0.4) is 0 Å². The van der Waals surface area contributed by atoms with Gasteiger partial charge in [-0.05, 0) is 232 Å². The van der Waals surface area contributed by atoms with E-state index in [2.05, 4.69) is 251 Å². The summed E-state index contributed by atoms with van der Waals surface area (Å²) in [6.07, 6.45) is 75.8. The van der Waals surface area contributed by atoms with Gasteiger partial charge in [0.2, 0.25) is 0 Å². The van der Waals surface area contributed by atoms with E-state index in [-0.39, 0.29) is 59.4 Å². The van der Waals surface area contributed by atoms with Crippen LogP contribution < -0.4 is 20.7 Å². The summed E-state index contributed by atoms with van der Waals surface area (Å²) in [6.45, 7) is 43.5. The zero-order valence-corrected chi connectivity index (χ0v) is 128. The van der Waals surface area contributed by atoms with Crippen molar-refractivity contribution < 1.29 is 83.4 Å². The summed E-state index contributed by atoms with van der Waals surface area (Å²) >= 11 is -0.354. The number of rotatable bonds is 29. The van der Waals surface area contributed by atoms with Crippen LogP contribution in [0.25, 0.3) is 0 Å². The van der Waals surface area contributed by atoms with Gasteiger partial charge in [-0.3, -0.25) is 0 Å². The molecule has 16 aliphatic carbocycles. The molecule has 0 amide bonds. The van der Waals surface area contributed by atoms with E-state index in [0.29, 0.717) is 0 Å². The predicted molar refractivity (Wildman–Crippen MR) is 704 cm³/mol. The molecule has 0 saturated heterocycles. The summed E-state index contributed by atoms with van der Waals surface area (Å²) in [6, 6.07) is 49.0. The molecule has 35 atom stereocenters. The van der Waals surface area contributed by atoms with E-state index >= 15 is 0 Å². The third-order valence-corrected chi connectivity index (χ3v) is 121. The Balaban J connectivity index is 0.000000336. The van der Waals surface area contributed by atoms with Crippen LogP contribution in [0, 0.1) is 184 Å². The van der Waals surface area contributed by atoms with Crippen molar-refractivity contribution in [3.8, 4) is 0 Å². The summed E-state index contributed by atoms with van der Waals surface area (Å²) in [5.74, 6) is 22.8. The van der Waals surface area contributed by atoms with Crippen molar-refractivity contribution in [3.63, 3.8) is 0 Å². The summed E-state index contributed by atoms with van der Waals surface area (Å²) in [7, 11) is 29.2. The summed E-state index contributed by atoms with van der Waals surface area (Å²) < 4.78 is 0.964. The average Bonchev–Trinajstić information content (AvgIpc) is 1.61. The molecule has 0 radical (unpaired) electrons. The van der Waals surface area contributed by atoms with Crippen LogP contribution in [0.15, 0.2) is 121 Å². The standard InChI is InChI=1S/C36H56Si3.C33H47ISi2.C26H50Si2.C25H48Si2.8CH3.8ClH.4Zr/c1-5-6-14-27-21-22-31(25-27)37(29-16-9-7-10-17-29)38(30-18-11-8-12-19-30)35-24-23-33-34(35)26-28-15-13-20-32(28)36(33)39(2,3)4;1-2-3-11-24-18-19-28(22-24)35(26-13-6-4-7-14-26)36(27-15-8-5-9-16-27)32-21-20-30-31(32)23-25-12-10-17-29(25)33(30)34;1-7-8-10-20-13-14-22(17-20)27(3,4)28(5,6)26-16-15-24-19(2)23-12-9-11-21(23)18-25(24)26;1-6-7-9-19-12-14-23(16-19)26(2,3)27(4,5)25-15-13-22-17-20-10-8-11-21(20)18-24(22)25;;;;;;;;;;;;;;;;;;;;/h7-12,16-19,27-28,31-38H,5-6,13-15,20-26H2,1-4H3;4-9,13-16,24-25,28-33,35-36H,2-3,10-12,17-23H2,1H3;19-26H,7-18H2,1-6H3;19-25H,6-18H2,1-5H3;8*1H3;8*1H;;;;/q;;;;8*-1;;;;;;;;;4*+4/p-8. The maximum absolute atomic E-state index is 4.93. The molecule has 16 aliphatic rings. The van der Waals surface area contributed by atoms with Crippen LogP contribution >= 0.6 is 90.7 Å². The number of unbranched alkanes of at least 4 members (excludes halogenated alkanes) is 4. The third kappa shape index (κ3) is 36.3. The summed E-state index contributed by atoms with van der Waals surface area (Å²) in [4.78, 5) is 0. The summed E-state index contributed by atoms with van der Waals surface area (Å²) in [5.41, 5.74) is 10.0. The fourth-order valence-electron chi connectivity index (χ4n) is 38.8. The Kier molecular flexibility index (Phi) is 69.5. The molecule has 0 heterocycles. The Morgan fingerprint density at radius 3 is 0.973 bits per heavy atom. The van der Waals surface area contributed by atoms with Gasteiger partial charge >= 0.3 is 151 Å². The van der Waals surface area contributed by atoms with E-state index in [9.17, 15) is 0 Å². The van der Waals surface area contributed by atoms with Gasteiger partial charge in [0, 0.05) is 42.4 Å². The van der Waals surface area contributed by atoms with Gasteiger partial charge in [0.25, 0.3) is 0 Å². The number of benzene rings is 4. The van der Waals surface area contributed by atoms with E-state index in [4.69, 9.17) is 68.1 Å². The first-order valence-corrected chi connectivity index (χ1v) is 115. The molecule has 35 unspecified atom stereocenters. The van der Waals surface area contributed by atoms with Crippen LogP contribution in [0.2, 0.25) is 122 Å². The van der Waals surface area contributed by atoms with Crippen LogP contribution in [-0.4, -0.2) is 75.6 Å². The minimum atomic E-state index is -1.18. The van der Waals surface area contributed by atoms with Crippen molar-refractivity contribution in [1.29, 1.82) is 0 Å². The van der Waals surface area contributed by atoms with Crippen LogP contribution in [0.4, 0.5) is 0 Å². The monoisotopic (exact) mass is 2780 g/mol. The molecule has 0 spiro atoms. The van der Waals surface area contributed by atoms with Crippen molar-refractivity contribution in [1.82, 2.24) is 0 Å². The molecule has 4 aromatic rings. The quantitative estimate of drug-likeness (QED) is 0.0220. The topological polar surface area (TPSA) is 0 Å². The van der Waals surface area contributed by atoms with Crippen molar-refractivity contribution >= 4 is 183 Å². The van der Waals surface area contributed by atoms with Crippen LogP contribution in [-0.2, 0) is 83.4 Å². The Hall–Kier alpha value is 5.41. The molecule has 0 aromatic heterocycles. The van der Waals surface area contributed by atoms with E-state index < -0.39 is 155 Å². The molecule has 852 valence electrons. The zero-order valence-electron chi connectivity index (χ0n) is 100. The average molecular weight is 2790 g/mol. The second kappa shape index (κ2) is 71.5. The van der Waals surface area contributed by atoms with Gasteiger partial charge in [0.15, 0.2) is 0 Å². The van der Waals surface area contributed by atoms with Crippen LogP contribution in [0.5, 0.6) is 0 Å². The molecule has 0 bridgehead atoms. The normalized spacial score (nSPS) is 34.4. The molecular weight excluding hydrogens is 2570 g/mol. The van der Waals surface area contributed by atoms with Gasteiger partial charge in [-0.1, -0.05) is 528 Å². The fourth-order valence-corrected chi connectivity index (χ4v) is 106. The molecule has 0 aliphatic heterocycles. The van der Waals surface area contributed by atoms with Gasteiger partial charge in [-0.25, -0.2) is 0 Å². The molecule has 22 heteroatoms.